The predicted octanol–water partition coefficient (Wildman–Crippen LogP) is 2.79. The summed E-state index contributed by atoms with van der Waals surface area (Å²) in [6, 6.07) is 9.88. The van der Waals surface area contributed by atoms with Gasteiger partial charge in [-0.2, -0.15) is 0 Å². The predicted molar refractivity (Wildman–Crippen MR) is 88.9 cm³/mol. The van der Waals surface area contributed by atoms with Crippen LogP contribution in [0.15, 0.2) is 30.3 Å². The smallest absolute Gasteiger partial charge is 0.308 e. The Bertz CT molecular complexity index is 807. The van der Waals surface area contributed by atoms with E-state index >= 15 is 0 Å². The van der Waals surface area contributed by atoms with Gasteiger partial charge < -0.3 is 15.0 Å². The van der Waals surface area contributed by atoms with Gasteiger partial charge in [-0.1, -0.05) is 12.1 Å². The van der Waals surface area contributed by atoms with Gasteiger partial charge in [0.25, 0.3) is 5.91 Å². The Balaban J connectivity index is 1.68. The first-order valence-electron chi connectivity index (χ1n) is 7.89. The van der Waals surface area contributed by atoms with Gasteiger partial charge in [0.05, 0.1) is 13.0 Å². The van der Waals surface area contributed by atoms with Crippen molar-refractivity contribution in [3.8, 4) is 0 Å². The third-order valence-electron chi connectivity index (χ3n) is 4.88. The van der Waals surface area contributed by atoms with Crippen molar-refractivity contribution in [1.82, 2.24) is 0 Å². The van der Waals surface area contributed by atoms with Crippen LogP contribution in [-0.2, 0) is 9.53 Å². The number of esters is 1. The number of piperidine rings is 1. The Morgan fingerprint density at radius 2 is 2.00 bits per heavy atom. The number of rotatable bonds is 2. The van der Waals surface area contributed by atoms with Crippen LogP contribution in [0.5, 0.6) is 0 Å². The number of carbonyl (C=O) groups is 2. The summed E-state index contributed by atoms with van der Waals surface area (Å²) >= 11 is 0. The van der Waals surface area contributed by atoms with Gasteiger partial charge >= 0.3 is 5.97 Å². The maximum Gasteiger partial charge on any atom is 0.308 e. The van der Waals surface area contributed by atoms with Gasteiger partial charge in [0.2, 0.25) is 0 Å². The number of anilines is 2. The molecular formula is C18H18N2O3. The minimum atomic E-state index is -0.111. The minimum absolute atomic E-state index is 0.00345. The van der Waals surface area contributed by atoms with Crippen LogP contribution in [0.2, 0.25) is 0 Å². The number of methoxy groups -OCH3 is 1. The van der Waals surface area contributed by atoms with E-state index in [0.29, 0.717) is 0 Å². The highest BCUT2D eigenvalue weighted by atomic mass is 16.5. The van der Waals surface area contributed by atoms with E-state index in [0.717, 1.165) is 53.6 Å². The number of hydrogen-bond acceptors (Lipinski definition) is 4. The molecule has 1 N–H and O–H groups in total. The molecule has 1 fully saturated rings. The molecule has 1 saturated heterocycles. The van der Waals surface area contributed by atoms with E-state index in [4.69, 9.17) is 4.74 Å². The fraction of sp³-hybridized carbons (Fsp3) is 0.333. The summed E-state index contributed by atoms with van der Waals surface area (Å²) in [5, 5.41) is 5.01. The van der Waals surface area contributed by atoms with Crippen LogP contribution in [0.25, 0.3) is 10.8 Å². The maximum absolute atomic E-state index is 12.0. The van der Waals surface area contributed by atoms with Gasteiger partial charge in [0, 0.05) is 40.8 Å². The van der Waals surface area contributed by atoms with E-state index in [1.54, 1.807) is 0 Å². The Morgan fingerprint density at radius 1 is 1.22 bits per heavy atom. The zero-order valence-electron chi connectivity index (χ0n) is 13.0. The normalized spacial score (nSPS) is 17.4. The highest BCUT2D eigenvalue weighted by Crippen LogP contribution is 2.39. The lowest BCUT2D eigenvalue weighted by atomic mass is 9.95. The molecule has 2 heterocycles. The summed E-state index contributed by atoms with van der Waals surface area (Å²) in [6.07, 6.45) is 1.60. The molecule has 2 aromatic carbocycles. The monoisotopic (exact) mass is 310 g/mol. The van der Waals surface area contributed by atoms with Crippen LogP contribution >= 0.6 is 0 Å². The second-order valence-corrected chi connectivity index (χ2v) is 6.10. The highest BCUT2D eigenvalue weighted by Gasteiger charge is 2.28. The second kappa shape index (κ2) is 5.26. The Labute approximate surface area is 134 Å². The fourth-order valence-corrected chi connectivity index (χ4v) is 3.67. The minimum Gasteiger partial charge on any atom is -0.469 e. The third kappa shape index (κ3) is 2.15. The molecule has 2 aliphatic rings. The molecule has 0 aliphatic carbocycles. The topological polar surface area (TPSA) is 58.6 Å². The molecule has 2 aromatic rings. The molecule has 0 bridgehead atoms. The van der Waals surface area contributed by atoms with E-state index in [-0.39, 0.29) is 17.8 Å². The Kier molecular flexibility index (Phi) is 3.22. The van der Waals surface area contributed by atoms with Crippen molar-refractivity contribution in [2.24, 2.45) is 5.92 Å². The molecule has 0 radical (unpaired) electrons. The van der Waals surface area contributed by atoms with E-state index in [1.807, 2.05) is 18.2 Å². The van der Waals surface area contributed by atoms with Crippen LogP contribution in [-0.4, -0.2) is 32.1 Å². The Morgan fingerprint density at radius 3 is 2.74 bits per heavy atom. The first kappa shape index (κ1) is 14.1. The number of benzene rings is 2. The first-order chi connectivity index (χ1) is 11.2. The van der Waals surface area contributed by atoms with Crippen molar-refractivity contribution in [1.29, 1.82) is 0 Å². The van der Waals surface area contributed by atoms with E-state index < -0.39 is 0 Å². The van der Waals surface area contributed by atoms with Crippen LogP contribution < -0.4 is 10.2 Å². The lowest BCUT2D eigenvalue weighted by Gasteiger charge is -2.33. The van der Waals surface area contributed by atoms with E-state index in [9.17, 15) is 9.59 Å². The maximum atomic E-state index is 12.0. The molecule has 4 rings (SSSR count). The summed E-state index contributed by atoms with van der Waals surface area (Å²) in [7, 11) is 1.45. The van der Waals surface area contributed by atoms with Crippen molar-refractivity contribution in [2.45, 2.75) is 12.8 Å². The summed E-state index contributed by atoms with van der Waals surface area (Å²) in [4.78, 5) is 26.0. The summed E-state index contributed by atoms with van der Waals surface area (Å²) in [5.74, 6) is -0.150. The summed E-state index contributed by atoms with van der Waals surface area (Å²) in [5.41, 5.74) is 2.75. The van der Waals surface area contributed by atoms with E-state index in [1.165, 1.54) is 7.11 Å². The number of nitrogens with one attached hydrogen (secondary N) is 1. The molecule has 0 atom stereocenters. The third-order valence-corrected chi connectivity index (χ3v) is 4.88. The van der Waals surface area contributed by atoms with Gasteiger partial charge in [0.15, 0.2) is 0 Å². The molecule has 2 aliphatic heterocycles. The average molecular weight is 310 g/mol. The molecule has 23 heavy (non-hydrogen) atoms. The number of hydrogen-bond donors (Lipinski definition) is 1. The Hall–Kier alpha value is -2.56. The van der Waals surface area contributed by atoms with Crippen molar-refractivity contribution in [3.63, 3.8) is 0 Å². The lowest BCUT2D eigenvalue weighted by molar-refractivity contribution is -0.146. The van der Waals surface area contributed by atoms with E-state index in [2.05, 4.69) is 22.3 Å². The van der Waals surface area contributed by atoms with Crippen LogP contribution in [0.4, 0.5) is 11.4 Å². The van der Waals surface area contributed by atoms with Crippen LogP contribution in [0.1, 0.15) is 23.2 Å². The molecule has 5 heteroatoms. The quantitative estimate of drug-likeness (QED) is 0.867. The van der Waals surface area contributed by atoms with Gasteiger partial charge in [-0.3, -0.25) is 9.59 Å². The van der Waals surface area contributed by atoms with Gasteiger partial charge in [-0.25, -0.2) is 0 Å². The number of carbonyl (C=O) groups excluding carboxylic acids is 2. The molecular weight excluding hydrogens is 292 g/mol. The number of ether oxygens (including phenoxy) is 1. The largest absolute Gasteiger partial charge is 0.469 e. The van der Waals surface area contributed by atoms with Crippen LogP contribution in [0, 0.1) is 5.92 Å². The molecule has 0 saturated carbocycles. The van der Waals surface area contributed by atoms with Crippen molar-refractivity contribution < 1.29 is 14.3 Å². The van der Waals surface area contributed by atoms with Crippen LogP contribution in [0.3, 0.4) is 0 Å². The van der Waals surface area contributed by atoms with Crippen molar-refractivity contribution >= 4 is 34.0 Å². The zero-order valence-corrected chi connectivity index (χ0v) is 13.0. The van der Waals surface area contributed by atoms with Crippen molar-refractivity contribution in [2.75, 3.05) is 30.4 Å². The summed E-state index contributed by atoms with van der Waals surface area (Å²) in [6.45, 7) is 1.64. The second-order valence-electron chi connectivity index (χ2n) is 6.10. The first-order valence-corrected chi connectivity index (χ1v) is 7.89. The number of nitrogens with zero attached hydrogens (tertiary/aromatic N) is 1. The highest BCUT2D eigenvalue weighted by molar-refractivity contribution is 6.25. The molecule has 118 valence electrons. The molecule has 0 aromatic heterocycles. The van der Waals surface area contributed by atoms with Crippen molar-refractivity contribution in [3.05, 3.63) is 35.9 Å². The summed E-state index contributed by atoms with van der Waals surface area (Å²) < 4.78 is 4.85. The number of amides is 1. The standard InChI is InChI=1S/C18H18N2O3/c1-23-18(22)11-7-9-20(10-8-11)15-6-5-14-16-12(15)3-2-4-13(16)17(21)19-14/h2-6,11H,7-10H2,1H3,(H,19,21). The lowest BCUT2D eigenvalue weighted by Crippen LogP contribution is -2.36. The zero-order chi connectivity index (χ0) is 16.0. The SMILES string of the molecule is COC(=O)C1CCN(c2ccc3c4c(cccc24)C(=O)N3)CC1. The molecule has 1 amide bonds. The fourth-order valence-electron chi connectivity index (χ4n) is 3.67. The van der Waals surface area contributed by atoms with Gasteiger partial charge in [-0.05, 0) is 31.0 Å². The molecule has 0 spiro atoms. The molecule has 5 nitrogen and oxygen atoms in total. The average Bonchev–Trinajstić information content (AvgIpc) is 2.93. The van der Waals surface area contributed by atoms with Gasteiger partial charge in [0.1, 0.15) is 0 Å². The molecule has 0 unspecified atom stereocenters. The van der Waals surface area contributed by atoms with Gasteiger partial charge in [-0.15, -0.1) is 0 Å².